The molecule has 6 nitrogen and oxygen atoms in total. The van der Waals surface area contributed by atoms with Crippen molar-refractivity contribution in [3.63, 3.8) is 0 Å². The lowest BCUT2D eigenvalue weighted by Gasteiger charge is -2.07. The quantitative estimate of drug-likeness (QED) is 0.822. The third kappa shape index (κ3) is 3.11. The van der Waals surface area contributed by atoms with E-state index in [0.717, 1.165) is 23.1 Å². The molecule has 0 aliphatic rings. The Morgan fingerprint density at radius 1 is 1.45 bits per heavy atom. The van der Waals surface area contributed by atoms with Crippen LogP contribution >= 0.6 is 11.8 Å². The van der Waals surface area contributed by atoms with Gasteiger partial charge in [0.1, 0.15) is 5.75 Å². The lowest BCUT2D eigenvalue weighted by Crippen LogP contribution is -2.03. The Kier molecular flexibility index (Phi) is 4.62. The molecule has 1 aromatic heterocycles. The molecule has 1 heterocycles. The average Bonchev–Trinajstić information content (AvgIpc) is 2.88. The van der Waals surface area contributed by atoms with E-state index in [2.05, 4.69) is 10.2 Å². The van der Waals surface area contributed by atoms with Crippen LogP contribution < -0.4 is 4.74 Å². The third-order valence-corrected chi connectivity index (χ3v) is 3.64. The number of rotatable bonds is 6. The molecule has 20 heavy (non-hydrogen) atoms. The summed E-state index contributed by atoms with van der Waals surface area (Å²) in [5.74, 6) is 0.548. The van der Waals surface area contributed by atoms with Crippen molar-refractivity contribution >= 4 is 17.7 Å². The molecule has 0 fully saturated rings. The maximum absolute atomic E-state index is 10.6. The fourth-order valence-corrected chi connectivity index (χ4v) is 2.51. The lowest BCUT2D eigenvalue weighted by atomic mass is 10.2. The van der Waals surface area contributed by atoms with E-state index in [1.54, 1.807) is 7.11 Å². The molecule has 2 aromatic rings. The van der Waals surface area contributed by atoms with Gasteiger partial charge in [0.05, 0.1) is 12.9 Å². The molecule has 0 saturated heterocycles. The molecule has 1 aromatic carbocycles. The lowest BCUT2D eigenvalue weighted by molar-refractivity contribution is -0.133. The third-order valence-electron chi connectivity index (χ3n) is 2.69. The van der Waals surface area contributed by atoms with Gasteiger partial charge >= 0.3 is 5.97 Å². The van der Waals surface area contributed by atoms with Crippen LogP contribution in [-0.4, -0.2) is 38.7 Å². The number of carboxylic acids is 1. The van der Waals surface area contributed by atoms with Crippen LogP contribution in [0, 0.1) is 0 Å². The van der Waals surface area contributed by atoms with Crippen LogP contribution in [0.2, 0.25) is 0 Å². The Labute approximate surface area is 120 Å². The molecular weight excluding hydrogens is 278 g/mol. The number of carboxylic acid groups (broad SMARTS) is 1. The molecule has 106 valence electrons. The Hall–Kier alpha value is -2.02. The predicted molar refractivity (Wildman–Crippen MR) is 76.0 cm³/mol. The summed E-state index contributed by atoms with van der Waals surface area (Å²) in [6, 6.07) is 7.54. The first-order valence-corrected chi connectivity index (χ1v) is 7.06. The molecule has 0 aliphatic heterocycles. The fraction of sp³-hybridized carbons (Fsp3) is 0.308. The van der Waals surface area contributed by atoms with E-state index in [0.29, 0.717) is 17.5 Å². The van der Waals surface area contributed by atoms with Crippen LogP contribution in [0.1, 0.15) is 6.92 Å². The normalized spacial score (nSPS) is 10.5. The summed E-state index contributed by atoms with van der Waals surface area (Å²) in [6.07, 6.45) is 0. The van der Waals surface area contributed by atoms with E-state index in [1.807, 2.05) is 35.8 Å². The first-order valence-electron chi connectivity index (χ1n) is 6.08. The molecule has 0 radical (unpaired) electrons. The second-order valence-electron chi connectivity index (χ2n) is 3.96. The highest BCUT2D eigenvalue weighted by molar-refractivity contribution is 7.99. The van der Waals surface area contributed by atoms with Crippen LogP contribution in [0.3, 0.4) is 0 Å². The molecule has 0 bridgehead atoms. The number of nitrogens with zero attached hydrogens (tertiary/aromatic N) is 3. The van der Waals surface area contributed by atoms with Gasteiger partial charge in [0.25, 0.3) is 0 Å². The van der Waals surface area contributed by atoms with Crippen molar-refractivity contribution in [2.45, 2.75) is 18.6 Å². The summed E-state index contributed by atoms with van der Waals surface area (Å²) in [6.45, 7) is 2.64. The largest absolute Gasteiger partial charge is 0.497 e. The standard InChI is InChI=1S/C13H15N3O3S/c1-3-16-12(9-5-4-6-10(7-9)19-2)14-15-13(16)20-8-11(17)18/h4-7H,3,8H2,1-2H3,(H,17,18). The number of ether oxygens (including phenoxy) is 1. The van der Waals surface area contributed by atoms with E-state index in [1.165, 1.54) is 0 Å². The van der Waals surface area contributed by atoms with Gasteiger partial charge in [0, 0.05) is 12.1 Å². The minimum absolute atomic E-state index is 0.0315. The highest BCUT2D eigenvalue weighted by Crippen LogP contribution is 2.26. The monoisotopic (exact) mass is 293 g/mol. The van der Waals surface area contributed by atoms with Gasteiger partial charge in [0.15, 0.2) is 11.0 Å². The summed E-state index contributed by atoms with van der Waals surface area (Å²) < 4.78 is 7.09. The SMILES string of the molecule is CCn1c(SCC(=O)O)nnc1-c1cccc(OC)c1. The van der Waals surface area contributed by atoms with E-state index in [4.69, 9.17) is 9.84 Å². The van der Waals surface area contributed by atoms with Crippen molar-refractivity contribution in [3.8, 4) is 17.1 Å². The first-order chi connectivity index (χ1) is 9.65. The summed E-state index contributed by atoms with van der Waals surface area (Å²) in [4.78, 5) is 10.6. The summed E-state index contributed by atoms with van der Waals surface area (Å²) in [5.41, 5.74) is 0.890. The predicted octanol–water partition coefficient (Wildman–Crippen LogP) is 2.15. The summed E-state index contributed by atoms with van der Waals surface area (Å²) >= 11 is 1.16. The van der Waals surface area contributed by atoms with Gasteiger partial charge in [-0.05, 0) is 19.1 Å². The van der Waals surface area contributed by atoms with Crippen molar-refractivity contribution in [3.05, 3.63) is 24.3 Å². The minimum Gasteiger partial charge on any atom is -0.497 e. The second kappa shape index (κ2) is 6.42. The van der Waals surface area contributed by atoms with Crippen LogP contribution in [0.25, 0.3) is 11.4 Å². The summed E-state index contributed by atoms with van der Waals surface area (Å²) in [5, 5.41) is 17.6. The van der Waals surface area contributed by atoms with Crippen molar-refractivity contribution in [1.29, 1.82) is 0 Å². The van der Waals surface area contributed by atoms with Gasteiger partial charge in [-0.3, -0.25) is 4.79 Å². The fourth-order valence-electron chi connectivity index (χ4n) is 1.78. The van der Waals surface area contributed by atoms with Crippen molar-refractivity contribution in [2.24, 2.45) is 0 Å². The highest BCUT2D eigenvalue weighted by Gasteiger charge is 2.14. The Balaban J connectivity index is 2.34. The highest BCUT2D eigenvalue weighted by atomic mass is 32.2. The number of thioether (sulfide) groups is 1. The molecule has 0 saturated carbocycles. The smallest absolute Gasteiger partial charge is 0.313 e. The Morgan fingerprint density at radius 3 is 2.90 bits per heavy atom. The number of carbonyl (C=O) groups is 1. The number of hydrogen-bond donors (Lipinski definition) is 1. The zero-order valence-corrected chi connectivity index (χ0v) is 12.1. The van der Waals surface area contributed by atoms with Crippen LogP contribution in [0.15, 0.2) is 29.4 Å². The number of aliphatic carboxylic acids is 1. The van der Waals surface area contributed by atoms with E-state index >= 15 is 0 Å². The van der Waals surface area contributed by atoms with Crippen LogP contribution in [0.5, 0.6) is 5.75 Å². The zero-order chi connectivity index (χ0) is 14.5. The zero-order valence-electron chi connectivity index (χ0n) is 11.2. The van der Waals surface area contributed by atoms with Gasteiger partial charge in [-0.15, -0.1) is 10.2 Å². The molecule has 0 atom stereocenters. The Morgan fingerprint density at radius 2 is 2.25 bits per heavy atom. The van der Waals surface area contributed by atoms with Gasteiger partial charge in [0.2, 0.25) is 0 Å². The molecule has 2 rings (SSSR count). The topological polar surface area (TPSA) is 77.2 Å². The number of benzene rings is 1. The van der Waals surface area contributed by atoms with E-state index in [9.17, 15) is 4.79 Å². The van der Waals surface area contributed by atoms with Crippen molar-refractivity contribution < 1.29 is 14.6 Å². The number of methoxy groups -OCH3 is 1. The van der Waals surface area contributed by atoms with Crippen molar-refractivity contribution in [1.82, 2.24) is 14.8 Å². The summed E-state index contributed by atoms with van der Waals surface area (Å²) in [7, 11) is 1.61. The van der Waals surface area contributed by atoms with E-state index < -0.39 is 5.97 Å². The van der Waals surface area contributed by atoms with Gasteiger partial charge in [-0.1, -0.05) is 23.9 Å². The molecule has 0 unspecified atom stereocenters. The maximum atomic E-state index is 10.6. The minimum atomic E-state index is -0.872. The van der Waals surface area contributed by atoms with Crippen molar-refractivity contribution in [2.75, 3.05) is 12.9 Å². The van der Waals surface area contributed by atoms with Gasteiger partial charge in [-0.2, -0.15) is 0 Å². The maximum Gasteiger partial charge on any atom is 0.313 e. The molecule has 0 aliphatic carbocycles. The van der Waals surface area contributed by atoms with E-state index in [-0.39, 0.29) is 5.75 Å². The van der Waals surface area contributed by atoms with Gasteiger partial charge < -0.3 is 14.4 Å². The molecule has 0 amide bonds. The molecule has 0 spiro atoms. The first kappa shape index (κ1) is 14.4. The molecular formula is C13H15N3O3S. The van der Waals surface area contributed by atoms with Gasteiger partial charge in [-0.25, -0.2) is 0 Å². The van der Waals surface area contributed by atoms with Crippen LogP contribution in [0.4, 0.5) is 0 Å². The number of aromatic nitrogens is 3. The molecule has 7 heteroatoms. The second-order valence-corrected chi connectivity index (χ2v) is 4.91. The number of hydrogen-bond acceptors (Lipinski definition) is 5. The molecule has 1 N–H and O–H groups in total. The Bertz CT molecular complexity index is 613. The average molecular weight is 293 g/mol. The van der Waals surface area contributed by atoms with Crippen LogP contribution in [-0.2, 0) is 11.3 Å².